The van der Waals surface area contributed by atoms with Crippen LogP contribution in [0.25, 0.3) is 66.8 Å². The zero-order valence-electron chi connectivity index (χ0n) is 20.6. The Balaban J connectivity index is 1.56. The Kier molecular flexibility index (Phi) is 5.45. The van der Waals surface area contributed by atoms with E-state index >= 15 is 0 Å². The van der Waals surface area contributed by atoms with Gasteiger partial charge in [-0.05, 0) is 38.7 Å². The Morgan fingerprint density at radius 1 is 0.342 bits per heavy atom. The van der Waals surface area contributed by atoms with Gasteiger partial charge in [0.1, 0.15) is 0 Å². The lowest BCUT2D eigenvalue weighted by molar-refractivity contribution is 1.08. The lowest BCUT2D eigenvalue weighted by Crippen LogP contribution is -2.01. The number of benzene rings is 6. The Labute approximate surface area is 221 Å². The molecule has 0 saturated heterocycles. The molecule has 7 rings (SSSR count). The van der Waals surface area contributed by atoms with Crippen molar-refractivity contribution in [1.29, 1.82) is 0 Å². The molecule has 6 aromatic carbocycles. The number of fused-ring (bicyclic) bond motifs is 3. The van der Waals surface area contributed by atoms with E-state index < -0.39 is 0 Å². The number of hydrogen-bond donors (Lipinski definition) is 0. The first kappa shape index (κ1) is 22.1. The van der Waals surface area contributed by atoms with Gasteiger partial charge in [-0.25, -0.2) is 15.0 Å². The monoisotopic (exact) mass is 485 g/mol. The molecule has 0 radical (unpaired) electrons. The molecule has 7 aromatic rings. The summed E-state index contributed by atoms with van der Waals surface area (Å²) in [5, 5.41) is 4.69. The highest BCUT2D eigenvalue weighted by atomic mass is 15.0. The summed E-state index contributed by atoms with van der Waals surface area (Å²) in [5.41, 5.74) is 5.30. The van der Waals surface area contributed by atoms with E-state index in [-0.39, 0.29) is 0 Å². The molecular formula is C35H23N3. The van der Waals surface area contributed by atoms with Gasteiger partial charge in [0.2, 0.25) is 0 Å². The van der Waals surface area contributed by atoms with Crippen molar-refractivity contribution in [3.05, 3.63) is 140 Å². The van der Waals surface area contributed by atoms with E-state index in [1.54, 1.807) is 0 Å². The highest BCUT2D eigenvalue weighted by Gasteiger charge is 2.17. The van der Waals surface area contributed by atoms with Gasteiger partial charge >= 0.3 is 0 Å². The van der Waals surface area contributed by atoms with Crippen LogP contribution in [0.1, 0.15) is 0 Å². The van der Waals surface area contributed by atoms with Crippen LogP contribution in [-0.4, -0.2) is 15.0 Å². The van der Waals surface area contributed by atoms with E-state index in [1.807, 2.05) is 60.7 Å². The van der Waals surface area contributed by atoms with E-state index in [0.29, 0.717) is 17.5 Å². The third-order valence-electron chi connectivity index (χ3n) is 6.91. The maximum Gasteiger partial charge on any atom is 0.164 e. The summed E-state index contributed by atoms with van der Waals surface area (Å²) >= 11 is 0. The Hall–Kier alpha value is -5.15. The van der Waals surface area contributed by atoms with Crippen molar-refractivity contribution >= 4 is 21.5 Å². The molecule has 0 N–H and O–H groups in total. The zero-order chi connectivity index (χ0) is 25.3. The first-order valence-corrected chi connectivity index (χ1v) is 12.7. The number of nitrogens with zero attached hydrogens (tertiary/aromatic N) is 3. The van der Waals surface area contributed by atoms with Gasteiger partial charge in [-0.3, -0.25) is 0 Å². The molecule has 0 saturated carbocycles. The zero-order valence-corrected chi connectivity index (χ0v) is 20.6. The second-order valence-corrected chi connectivity index (χ2v) is 9.28. The normalized spacial score (nSPS) is 11.2. The second kappa shape index (κ2) is 9.38. The SMILES string of the molecule is c1ccc(-c2nc(-c3ccccc3)nc(-c3cc4ccccc4c4c(-c5ccccc5)cccc34)n2)cc1. The maximum atomic E-state index is 5.04. The molecule has 0 fully saturated rings. The number of aromatic nitrogens is 3. The van der Waals surface area contributed by atoms with Crippen molar-refractivity contribution in [1.82, 2.24) is 15.0 Å². The fourth-order valence-corrected chi connectivity index (χ4v) is 5.12. The van der Waals surface area contributed by atoms with E-state index in [4.69, 9.17) is 15.0 Å². The molecule has 0 amide bonds. The topological polar surface area (TPSA) is 38.7 Å². The van der Waals surface area contributed by atoms with Crippen LogP contribution < -0.4 is 0 Å². The Morgan fingerprint density at radius 3 is 1.47 bits per heavy atom. The Bertz CT molecular complexity index is 1840. The van der Waals surface area contributed by atoms with Gasteiger partial charge in [-0.1, -0.05) is 133 Å². The first-order valence-electron chi connectivity index (χ1n) is 12.7. The van der Waals surface area contributed by atoms with E-state index in [1.165, 1.54) is 21.9 Å². The van der Waals surface area contributed by atoms with Gasteiger partial charge in [0, 0.05) is 16.7 Å². The van der Waals surface area contributed by atoms with E-state index in [2.05, 4.69) is 78.9 Å². The van der Waals surface area contributed by atoms with Crippen LogP contribution in [0.5, 0.6) is 0 Å². The molecule has 178 valence electrons. The summed E-state index contributed by atoms with van der Waals surface area (Å²) < 4.78 is 0. The van der Waals surface area contributed by atoms with Crippen LogP contribution in [0.4, 0.5) is 0 Å². The summed E-state index contributed by atoms with van der Waals surface area (Å²) in [6.45, 7) is 0. The minimum absolute atomic E-state index is 0.662. The molecule has 0 atom stereocenters. The van der Waals surface area contributed by atoms with Crippen LogP contribution in [0.15, 0.2) is 140 Å². The molecule has 38 heavy (non-hydrogen) atoms. The highest BCUT2D eigenvalue weighted by Crippen LogP contribution is 2.39. The van der Waals surface area contributed by atoms with Gasteiger partial charge in [0.15, 0.2) is 17.5 Å². The summed E-state index contributed by atoms with van der Waals surface area (Å²) in [5.74, 6) is 1.99. The molecule has 0 spiro atoms. The lowest BCUT2D eigenvalue weighted by atomic mass is 9.91. The molecule has 0 aliphatic rings. The average molecular weight is 486 g/mol. The standard InChI is InChI=1S/C35H23N3/c1-4-13-24(14-5-1)28-21-12-22-30-31(23-27-19-10-11-20-29(27)32(28)30)35-37-33(25-15-6-2-7-16-25)36-34(38-35)26-17-8-3-9-18-26/h1-23H. The summed E-state index contributed by atoms with van der Waals surface area (Å²) in [6.07, 6.45) is 0. The van der Waals surface area contributed by atoms with Crippen molar-refractivity contribution < 1.29 is 0 Å². The van der Waals surface area contributed by atoms with Gasteiger partial charge in [-0.15, -0.1) is 0 Å². The molecule has 0 bridgehead atoms. The molecule has 1 aromatic heterocycles. The summed E-state index contributed by atoms with van der Waals surface area (Å²) in [7, 11) is 0. The van der Waals surface area contributed by atoms with Crippen molar-refractivity contribution in [2.24, 2.45) is 0 Å². The molecule has 1 heterocycles. The molecule has 0 aliphatic heterocycles. The molecule has 3 nitrogen and oxygen atoms in total. The fraction of sp³-hybridized carbons (Fsp3) is 0. The highest BCUT2D eigenvalue weighted by molar-refractivity contribution is 6.18. The van der Waals surface area contributed by atoms with Crippen LogP contribution in [-0.2, 0) is 0 Å². The van der Waals surface area contributed by atoms with Crippen molar-refractivity contribution in [2.75, 3.05) is 0 Å². The summed E-state index contributed by atoms with van der Waals surface area (Å²) in [4.78, 5) is 15.0. The van der Waals surface area contributed by atoms with Crippen molar-refractivity contribution in [3.63, 3.8) is 0 Å². The number of rotatable bonds is 4. The average Bonchev–Trinajstić information content (AvgIpc) is 3.01. The predicted molar refractivity (Wildman–Crippen MR) is 157 cm³/mol. The van der Waals surface area contributed by atoms with Crippen molar-refractivity contribution in [3.8, 4) is 45.3 Å². The quantitative estimate of drug-likeness (QED) is 0.234. The smallest absolute Gasteiger partial charge is 0.164 e. The minimum Gasteiger partial charge on any atom is -0.208 e. The van der Waals surface area contributed by atoms with Crippen molar-refractivity contribution in [2.45, 2.75) is 0 Å². The van der Waals surface area contributed by atoms with E-state index in [0.717, 1.165) is 27.5 Å². The fourth-order valence-electron chi connectivity index (χ4n) is 5.12. The Morgan fingerprint density at radius 2 is 0.842 bits per heavy atom. The largest absolute Gasteiger partial charge is 0.208 e. The van der Waals surface area contributed by atoms with Crippen LogP contribution >= 0.6 is 0 Å². The van der Waals surface area contributed by atoms with Gasteiger partial charge < -0.3 is 0 Å². The molecular weight excluding hydrogens is 462 g/mol. The first-order chi connectivity index (χ1) is 18.8. The molecule has 3 heteroatoms. The molecule has 0 unspecified atom stereocenters. The van der Waals surface area contributed by atoms with Gasteiger partial charge in [-0.2, -0.15) is 0 Å². The maximum absolute atomic E-state index is 5.04. The minimum atomic E-state index is 0.662. The third-order valence-corrected chi connectivity index (χ3v) is 6.91. The van der Waals surface area contributed by atoms with Crippen LogP contribution in [0.2, 0.25) is 0 Å². The third kappa shape index (κ3) is 3.91. The predicted octanol–water partition coefficient (Wildman–Crippen LogP) is 8.85. The van der Waals surface area contributed by atoms with Gasteiger partial charge in [0.05, 0.1) is 0 Å². The lowest BCUT2D eigenvalue weighted by Gasteiger charge is -2.15. The second-order valence-electron chi connectivity index (χ2n) is 9.28. The molecule has 0 aliphatic carbocycles. The van der Waals surface area contributed by atoms with E-state index in [9.17, 15) is 0 Å². The van der Waals surface area contributed by atoms with Crippen LogP contribution in [0.3, 0.4) is 0 Å². The van der Waals surface area contributed by atoms with Crippen LogP contribution in [0, 0.1) is 0 Å². The number of hydrogen-bond acceptors (Lipinski definition) is 3. The van der Waals surface area contributed by atoms with Gasteiger partial charge in [0.25, 0.3) is 0 Å². The summed E-state index contributed by atoms with van der Waals surface area (Å²) in [6, 6.07) is 48.1.